The lowest BCUT2D eigenvalue weighted by Crippen LogP contribution is -2.10. The van der Waals surface area contributed by atoms with Crippen LogP contribution in [0.1, 0.15) is 15.2 Å². The molecule has 0 aliphatic carbocycles. The molecule has 1 amide bonds. The minimum Gasteiger partial charge on any atom is -0.298 e. The summed E-state index contributed by atoms with van der Waals surface area (Å²) in [4.78, 5) is 28.2. The van der Waals surface area contributed by atoms with Gasteiger partial charge >= 0.3 is 0 Å². The van der Waals surface area contributed by atoms with Crippen LogP contribution in [0, 0.1) is 22.9 Å². The molecule has 0 radical (unpaired) electrons. The summed E-state index contributed by atoms with van der Waals surface area (Å²) in [6.07, 6.45) is 2.93. The van der Waals surface area contributed by atoms with Crippen LogP contribution in [0.25, 0.3) is 16.9 Å². The van der Waals surface area contributed by atoms with Gasteiger partial charge in [0.1, 0.15) is 5.82 Å². The average molecular weight is 423 g/mol. The van der Waals surface area contributed by atoms with Gasteiger partial charge in [0.05, 0.1) is 28.1 Å². The number of hydrogen-bond acceptors (Lipinski definition) is 6. The molecule has 2 aromatic heterocycles. The number of carbonyl (C=O) groups excluding carboxylic acids is 1. The summed E-state index contributed by atoms with van der Waals surface area (Å²) in [5, 5.41) is 18.0. The van der Waals surface area contributed by atoms with Crippen LogP contribution in [0.4, 0.5) is 15.2 Å². The van der Waals surface area contributed by atoms with Crippen molar-refractivity contribution in [3.05, 3.63) is 87.3 Å². The number of hydrogen-bond donors (Lipinski definition) is 1. The van der Waals surface area contributed by atoms with Crippen LogP contribution in [0.2, 0.25) is 0 Å². The van der Waals surface area contributed by atoms with Crippen molar-refractivity contribution in [3.8, 4) is 16.9 Å². The molecule has 150 valence electrons. The second-order valence-corrected chi connectivity index (χ2v) is 7.54. The number of nitro groups is 1. The van der Waals surface area contributed by atoms with Crippen molar-refractivity contribution in [2.24, 2.45) is 0 Å². The zero-order valence-corrected chi connectivity index (χ0v) is 16.4. The molecule has 4 rings (SSSR count). The molecule has 10 heteroatoms. The Hall–Kier alpha value is -3.92. The number of nitrogens with one attached hydrogen (secondary N) is 1. The molecule has 0 fully saturated rings. The number of halogens is 1. The van der Waals surface area contributed by atoms with Crippen LogP contribution >= 0.6 is 11.3 Å². The first-order valence-electron chi connectivity index (χ1n) is 8.75. The Balaban J connectivity index is 1.50. The van der Waals surface area contributed by atoms with E-state index in [1.165, 1.54) is 52.7 Å². The fraction of sp³-hybridized carbons (Fsp3) is 0.0500. The number of benzene rings is 2. The minimum absolute atomic E-state index is 0.0278. The van der Waals surface area contributed by atoms with E-state index in [1.807, 2.05) is 6.92 Å². The normalized spacial score (nSPS) is 10.7. The highest BCUT2D eigenvalue weighted by atomic mass is 32.1. The van der Waals surface area contributed by atoms with Crippen molar-refractivity contribution < 1.29 is 14.1 Å². The number of rotatable bonds is 5. The lowest BCUT2D eigenvalue weighted by molar-refractivity contribution is -0.384. The Bertz CT molecular complexity index is 1230. The Labute approximate surface area is 173 Å². The first-order valence-corrected chi connectivity index (χ1v) is 9.56. The predicted molar refractivity (Wildman–Crippen MR) is 110 cm³/mol. The third kappa shape index (κ3) is 3.94. The van der Waals surface area contributed by atoms with E-state index in [4.69, 9.17) is 0 Å². The quantitative estimate of drug-likeness (QED) is 0.373. The summed E-state index contributed by atoms with van der Waals surface area (Å²) in [7, 11) is 0. The van der Waals surface area contributed by atoms with E-state index in [0.29, 0.717) is 22.1 Å². The van der Waals surface area contributed by atoms with Gasteiger partial charge in [0.15, 0.2) is 5.13 Å². The Morgan fingerprint density at radius 3 is 2.53 bits per heavy atom. The molecule has 0 bridgehead atoms. The number of non-ortho nitro benzene ring substituents is 1. The van der Waals surface area contributed by atoms with Crippen LogP contribution in [0.3, 0.4) is 0 Å². The molecule has 0 aliphatic rings. The van der Waals surface area contributed by atoms with Crippen molar-refractivity contribution in [1.29, 1.82) is 0 Å². The van der Waals surface area contributed by atoms with Gasteiger partial charge in [-0.25, -0.2) is 14.1 Å². The minimum atomic E-state index is -0.484. The van der Waals surface area contributed by atoms with Crippen LogP contribution in [0.5, 0.6) is 0 Å². The highest BCUT2D eigenvalue weighted by Gasteiger charge is 2.15. The Morgan fingerprint density at radius 1 is 1.17 bits per heavy atom. The third-order valence-electron chi connectivity index (χ3n) is 4.30. The van der Waals surface area contributed by atoms with E-state index in [9.17, 15) is 19.3 Å². The maximum atomic E-state index is 13.1. The van der Waals surface area contributed by atoms with Gasteiger partial charge in [0, 0.05) is 28.8 Å². The number of carbonyl (C=O) groups is 1. The zero-order chi connectivity index (χ0) is 21.3. The van der Waals surface area contributed by atoms with Crippen molar-refractivity contribution in [3.63, 3.8) is 0 Å². The zero-order valence-electron chi connectivity index (χ0n) is 15.6. The Morgan fingerprint density at radius 2 is 1.87 bits per heavy atom. The number of aryl methyl sites for hydroxylation is 1. The molecule has 1 N–H and O–H groups in total. The van der Waals surface area contributed by atoms with Gasteiger partial charge < -0.3 is 0 Å². The number of aromatic nitrogens is 3. The summed E-state index contributed by atoms with van der Waals surface area (Å²) in [5.41, 5.74) is 2.31. The molecular formula is C20H14FN5O3S. The van der Waals surface area contributed by atoms with E-state index in [1.54, 1.807) is 24.3 Å². The topological polar surface area (TPSA) is 103 Å². The van der Waals surface area contributed by atoms with Crippen LogP contribution in [-0.4, -0.2) is 25.6 Å². The van der Waals surface area contributed by atoms with Gasteiger partial charge in [-0.3, -0.25) is 20.2 Å². The average Bonchev–Trinajstić information content (AvgIpc) is 3.36. The highest BCUT2D eigenvalue weighted by molar-refractivity contribution is 7.16. The molecule has 0 aliphatic heterocycles. The van der Waals surface area contributed by atoms with Crippen molar-refractivity contribution in [2.75, 3.05) is 5.32 Å². The van der Waals surface area contributed by atoms with E-state index >= 15 is 0 Å². The first-order chi connectivity index (χ1) is 14.4. The van der Waals surface area contributed by atoms with E-state index in [2.05, 4.69) is 15.4 Å². The predicted octanol–water partition coefficient (Wildman–Crippen LogP) is 4.60. The van der Waals surface area contributed by atoms with Crippen LogP contribution < -0.4 is 5.32 Å². The second kappa shape index (κ2) is 7.84. The van der Waals surface area contributed by atoms with Gasteiger partial charge in [-0.1, -0.05) is 0 Å². The van der Waals surface area contributed by atoms with Gasteiger partial charge in [0.25, 0.3) is 11.6 Å². The van der Waals surface area contributed by atoms with E-state index < -0.39 is 4.92 Å². The van der Waals surface area contributed by atoms with E-state index in [0.717, 1.165) is 10.4 Å². The standard InChI is InChI=1S/C20H14FN5O3S/c1-12-18(13-2-4-15(21)5-3-13)23-20(30-12)24-19(27)14-10-22-25(11-14)16-6-8-17(9-7-16)26(28)29/h2-11H,1H3,(H,23,24,27). The fourth-order valence-electron chi connectivity index (χ4n) is 2.80. The molecule has 4 aromatic rings. The molecule has 0 saturated carbocycles. The molecule has 2 aromatic carbocycles. The SMILES string of the molecule is Cc1sc(NC(=O)c2cnn(-c3ccc([N+](=O)[O-])cc3)c2)nc1-c1ccc(F)cc1. The first kappa shape index (κ1) is 19.4. The smallest absolute Gasteiger partial charge is 0.269 e. The van der Waals surface area contributed by atoms with Crippen LogP contribution in [0.15, 0.2) is 60.9 Å². The van der Waals surface area contributed by atoms with E-state index in [-0.39, 0.29) is 17.4 Å². The number of amides is 1. The number of nitrogens with zero attached hydrogens (tertiary/aromatic N) is 4. The summed E-state index contributed by atoms with van der Waals surface area (Å²) >= 11 is 1.32. The molecule has 0 saturated heterocycles. The molecule has 8 nitrogen and oxygen atoms in total. The van der Waals surface area contributed by atoms with Gasteiger partial charge in [-0.2, -0.15) is 5.10 Å². The van der Waals surface area contributed by atoms with Crippen molar-refractivity contribution in [1.82, 2.24) is 14.8 Å². The number of anilines is 1. The molecule has 30 heavy (non-hydrogen) atoms. The molecule has 0 spiro atoms. The lowest BCUT2D eigenvalue weighted by Gasteiger charge is -2.00. The molecule has 0 atom stereocenters. The maximum absolute atomic E-state index is 13.1. The van der Waals surface area contributed by atoms with Gasteiger partial charge in [0.2, 0.25) is 0 Å². The number of nitro benzene ring substituents is 1. The van der Waals surface area contributed by atoms with Crippen molar-refractivity contribution >= 4 is 28.1 Å². The second-order valence-electron chi connectivity index (χ2n) is 6.33. The summed E-state index contributed by atoms with van der Waals surface area (Å²) < 4.78 is 14.6. The van der Waals surface area contributed by atoms with Crippen molar-refractivity contribution in [2.45, 2.75) is 6.92 Å². The molecule has 2 heterocycles. The number of thiazole rings is 1. The van der Waals surface area contributed by atoms with Crippen LogP contribution in [-0.2, 0) is 0 Å². The Kier molecular flexibility index (Phi) is 5.07. The van der Waals surface area contributed by atoms with Gasteiger partial charge in [-0.05, 0) is 43.3 Å². The lowest BCUT2D eigenvalue weighted by atomic mass is 10.1. The largest absolute Gasteiger partial charge is 0.298 e. The maximum Gasteiger partial charge on any atom is 0.269 e. The molecule has 0 unspecified atom stereocenters. The molecular weight excluding hydrogens is 409 g/mol. The monoisotopic (exact) mass is 423 g/mol. The summed E-state index contributed by atoms with van der Waals surface area (Å²) in [6, 6.07) is 11.8. The van der Waals surface area contributed by atoms with Gasteiger partial charge in [-0.15, -0.1) is 11.3 Å². The summed E-state index contributed by atoms with van der Waals surface area (Å²) in [6.45, 7) is 1.87. The fourth-order valence-corrected chi connectivity index (χ4v) is 3.63. The third-order valence-corrected chi connectivity index (χ3v) is 5.19. The highest BCUT2D eigenvalue weighted by Crippen LogP contribution is 2.30. The summed E-state index contributed by atoms with van der Waals surface area (Å²) in [5.74, 6) is -0.715.